The number of alkyl halides is 3. The minimum Gasteiger partial charge on any atom is -0.475 e. The van der Waals surface area contributed by atoms with Crippen molar-refractivity contribution in [1.29, 1.82) is 0 Å². The van der Waals surface area contributed by atoms with E-state index in [0.717, 1.165) is 71.6 Å². The van der Waals surface area contributed by atoms with Crippen molar-refractivity contribution >= 4 is 11.9 Å². The fourth-order valence-electron chi connectivity index (χ4n) is 3.52. The number of pyridine rings is 2. The Bertz CT molecular complexity index is 1160. The molecule has 1 amide bonds. The number of carbonyl (C=O) groups excluding carboxylic acids is 1. The number of aromatic amines is 1. The summed E-state index contributed by atoms with van der Waals surface area (Å²) in [5, 5.41) is 18.8. The molecule has 3 aromatic rings. The first kappa shape index (κ1) is 25.9. The largest absolute Gasteiger partial charge is 0.490 e. The minimum absolute atomic E-state index is 0.0168. The number of aromatic nitrogens is 3. The maximum Gasteiger partial charge on any atom is 0.490 e. The number of hydrogen-bond donors (Lipinski definition) is 4. The quantitative estimate of drug-likeness (QED) is 0.374. The number of nitrogens with one attached hydrogen (secondary N) is 2. The molecule has 8 nitrogen and oxygen atoms in total. The number of carbonyl (C=O) groups is 2. The van der Waals surface area contributed by atoms with Gasteiger partial charge in [0, 0.05) is 60.2 Å². The monoisotopic (exact) mass is 490 g/mol. The molecule has 4 N–H and O–H groups in total. The van der Waals surface area contributed by atoms with E-state index in [9.17, 15) is 18.0 Å². The van der Waals surface area contributed by atoms with Crippen LogP contribution in [0, 0.1) is 0 Å². The SMILES string of the molecule is O=C(O)C(F)(F)F.O=C1NCCc2[nH]c(-c3ccnc(-c4ccc(CCCCCO)nc4)c3)cc21. The average Bonchev–Trinajstić information content (AvgIpc) is 3.28. The van der Waals surface area contributed by atoms with E-state index in [4.69, 9.17) is 15.0 Å². The van der Waals surface area contributed by atoms with Crippen molar-refractivity contribution in [3.05, 3.63) is 59.7 Å². The Morgan fingerprint density at radius 3 is 2.46 bits per heavy atom. The molecular weight excluding hydrogens is 465 g/mol. The lowest BCUT2D eigenvalue weighted by Gasteiger charge is -2.10. The molecule has 0 saturated heterocycles. The van der Waals surface area contributed by atoms with Crippen LogP contribution in [0.3, 0.4) is 0 Å². The summed E-state index contributed by atoms with van der Waals surface area (Å²) in [5.41, 5.74) is 6.53. The average molecular weight is 490 g/mol. The molecule has 1 aliphatic heterocycles. The van der Waals surface area contributed by atoms with Crippen molar-refractivity contribution in [2.75, 3.05) is 13.2 Å². The van der Waals surface area contributed by atoms with E-state index in [1.54, 1.807) is 6.20 Å². The third-order valence-electron chi connectivity index (χ3n) is 5.33. The van der Waals surface area contributed by atoms with Gasteiger partial charge in [-0.2, -0.15) is 13.2 Å². The number of aryl methyl sites for hydroxylation is 1. The third-order valence-corrected chi connectivity index (χ3v) is 5.33. The molecule has 186 valence electrons. The van der Waals surface area contributed by atoms with Crippen LogP contribution in [0.15, 0.2) is 42.7 Å². The van der Waals surface area contributed by atoms with Gasteiger partial charge < -0.3 is 20.5 Å². The molecule has 4 rings (SSSR count). The van der Waals surface area contributed by atoms with E-state index < -0.39 is 12.1 Å². The summed E-state index contributed by atoms with van der Waals surface area (Å²) in [6, 6.07) is 9.97. The molecule has 0 saturated carbocycles. The second-order valence-corrected chi connectivity index (χ2v) is 7.89. The number of aliphatic carboxylic acids is 1. The molecule has 0 atom stereocenters. The van der Waals surface area contributed by atoms with Crippen molar-refractivity contribution in [2.45, 2.75) is 38.3 Å². The van der Waals surface area contributed by atoms with Crippen molar-refractivity contribution in [1.82, 2.24) is 20.3 Å². The van der Waals surface area contributed by atoms with Crippen LogP contribution in [0.2, 0.25) is 0 Å². The van der Waals surface area contributed by atoms with Crippen LogP contribution in [0.4, 0.5) is 13.2 Å². The Morgan fingerprint density at radius 2 is 1.83 bits per heavy atom. The molecule has 0 unspecified atom stereocenters. The Kier molecular flexibility index (Phi) is 8.58. The Labute approximate surface area is 199 Å². The van der Waals surface area contributed by atoms with Crippen molar-refractivity contribution in [2.24, 2.45) is 0 Å². The number of fused-ring (bicyclic) bond motifs is 1. The van der Waals surface area contributed by atoms with Gasteiger partial charge in [0.1, 0.15) is 0 Å². The van der Waals surface area contributed by atoms with E-state index >= 15 is 0 Å². The smallest absolute Gasteiger partial charge is 0.475 e. The lowest BCUT2D eigenvalue weighted by molar-refractivity contribution is -0.192. The Hall–Kier alpha value is -3.73. The summed E-state index contributed by atoms with van der Waals surface area (Å²) in [7, 11) is 0. The zero-order valence-electron chi connectivity index (χ0n) is 18.7. The van der Waals surface area contributed by atoms with Crippen LogP contribution in [-0.4, -0.2) is 56.4 Å². The van der Waals surface area contributed by atoms with E-state index in [1.807, 2.05) is 36.5 Å². The molecule has 0 radical (unpaired) electrons. The number of halogens is 3. The zero-order chi connectivity index (χ0) is 25.4. The van der Waals surface area contributed by atoms with E-state index in [-0.39, 0.29) is 12.5 Å². The van der Waals surface area contributed by atoms with E-state index in [0.29, 0.717) is 6.54 Å². The van der Waals surface area contributed by atoms with Gasteiger partial charge in [0.25, 0.3) is 5.91 Å². The predicted octanol–water partition coefficient (Wildman–Crippen LogP) is 3.76. The van der Waals surface area contributed by atoms with Gasteiger partial charge in [-0.25, -0.2) is 4.79 Å². The number of hydrogen-bond acceptors (Lipinski definition) is 5. The second-order valence-electron chi connectivity index (χ2n) is 7.89. The van der Waals surface area contributed by atoms with Gasteiger partial charge in [-0.15, -0.1) is 0 Å². The number of nitrogens with zero attached hydrogens (tertiary/aromatic N) is 2. The summed E-state index contributed by atoms with van der Waals surface area (Å²) in [6.45, 7) is 0.925. The summed E-state index contributed by atoms with van der Waals surface area (Å²) in [5.74, 6) is -2.77. The molecule has 35 heavy (non-hydrogen) atoms. The number of carboxylic acids is 1. The highest BCUT2D eigenvalue weighted by atomic mass is 19.4. The van der Waals surface area contributed by atoms with E-state index in [2.05, 4.69) is 20.3 Å². The fraction of sp³-hybridized carbons (Fsp3) is 0.333. The lowest BCUT2D eigenvalue weighted by Crippen LogP contribution is -2.31. The molecule has 0 aromatic carbocycles. The van der Waals surface area contributed by atoms with Crippen LogP contribution < -0.4 is 5.32 Å². The van der Waals surface area contributed by atoms with E-state index in [1.165, 1.54) is 0 Å². The van der Waals surface area contributed by atoms with Gasteiger partial charge >= 0.3 is 12.1 Å². The molecule has 0 spiro atoms. The highest BCUT2D eigenvalue weighted by molar-refractivity contribution is 5.97. The molecule has 3 aromatic heterocycles. The number of amides is 1. The van der Waals surface area contributed by atoms with Gasteiger partial charge in [0.05, 0.1) is 11.3 Å². The maximum absolute atomic E-state index is 12.0. The number of H-pyrrole nitrogens is 1. The first-order valence-corrected chi connectivity index (χ1v) is 11.0. The standard InChI is InChI=1S/C22H24N4O2.C2HF3O2/c27-11-3-1-2-4-17-6-5-16(14-25-17)20-12-15(7-9-23-20)21-13-18-19(26-21)8-10-24-22(18)28;3-2(4,5)1(6)7/h5-7,9,12-14,26-27H,1-4,8,10-11H2,(H,24,28);(H,6,7). The zero-order valence-corrected chi connectivity index (χ0v) is 18.7. The normalized spacial score (nSPS) is 12.9. The second kappa shape index (κ2) is 11.6. The van der Waals surface area contributed by atoms with Crippen LogP contribution in [0.5, 0.6) is 0 Å². The van der Waals surface area contributed by atoms with Crippen LogP contribution in [-0.2, 0) is 17.6 Å². The molecule has 4 heterocycles. The molecule has 11 heteroatoms. The maximum atomic E-state index is 12.0. The lowest BCUT2D eigenvalue weighted by atomic mass is 10.1. The molecule has 1 aliphatic rings. The van der Waals surface area contributed by atoms with Gasteiger partial charge in [0.15, 0.2) is 0 Å². The topological polar surface area (TPSA) is 128 Å². The van der Waals surface area contributed by atoms with Crippen molar-refractivity contribution < 1.29 is 33.0 Å². The molecule has 0 bridgehead atoms. The highest BCUT2D eigenvalue weighted by Gasteiger charge is 2.38. The van der Waals surface area contributed by atoms with Gasteiger partial charge in [-0.3, -0.25) is 14.8 Å². The number of aliphatic hydroxyl groups is 1. The fourth-order valence-corrected chi connectivity index (χ4v) is 3.52. The Morgan fingerprint density at radius 1 is 1.06 bits per heavy atom. The summed E-state index contributed by atoms with van der Waals surface area (Å²) in [6.07, 6.45) is 3.20. The van der Waals surface area contributed by atoms with Gasteiger partial charge in [-0.1, -0.05) is 6.42 Å². The summed E-state index contributed by atoms with van der Waals surface area (Å²) < 4.78 is 31.7. The van der Waals surface area contributed by atoms with Crippen LogP contribution in [0.1, 0.15) is 41.0 Å². The van der Waals surface area contributed by atoms with Crippen LogP contribution >= 0.6 is 0 Å². The van der Waals surface area contributed by atoms with Gasteiger partial charge in [-0.05, 0) is 49.6 Å². The highest BCUT2D eigenvalue weighted by Crippen LogP contribution is 2.27. The van der Waals surface area contributed by atoms with Gasteiger partial charge in [0.2, 0.25) is 0 Å². The van der Waals surface area contributed by atoms with Crippen LogP contribution in [0.25, 0.3) is 22.5 Å². The Balaban J connectivity index is 0.000000429. The number of aliphatic hydroxyl groups excluding tert-OH is 1. The number of rotatable bonds is 7. The third kappa shape index (κ3) is 7.12. The molecule has 0 fully saturated rings. The summed E-state index contributed by atoms with van der Waals surface area (Å²) in [4.78, 5) is 33.3. The number of unbranched alkanes of at least 4 members (excludes halogenated alkanes) is 2. The predicted molar refractivity (Wildman–Crippen MR) is 122 cm³/mol. The van der Waals surface area contributed by atoms with Crippen molar-refractivity contribution in [3.63, 3.8) is 0 Å². The van der Waals surface area contributed by atoms with Crippen molar-refractivity contribution in [3.8, 4) is 22.5 Å². The minimum atomic E-state index is -5.08. The summed E-state index contributed by atoms with van der Waals surface area (Å²) >= 11 is 0. The number of carboxylic acid groups (broad SMARTS) is 1. The molecular formula is C24H25F3N4O4. The molecule has 0 aliphatic carbocycles. The first-order valence-electron chi connectivity index (χ1n) is 11.0. The first-order chi connectivity index (χ1) is 16.7.